The largest absolute Gasteiger partial charge is 0.391 e. The molecule has 1 saturated heterocycles. The van der Waals surface area contributed by atoms with Gasteiger partial charge in [0, 0.05) is 19.1 Å². The fourth-order valence-electron chi connectivity index (χ4n) is 2.87. The van der Waals surface area contributed by atoms with Crippen LogP contribution < -0.4 is 10.6 Å². The fourth-order valence-corrected chi connectivity index (χ4v) is 2.87. The summed E-state index contributed by atoms with van der Waals surface area (Å²) >= 11 is 0. The van der Waals surface area contributed by atoms with Crippen molar-refractivity contribution in [2.75, 3.05) is 32.1 Å². The highest BCUT2D eigenvalue weighted by Gasteiger charge is 2.34. The van der Waals surface area contributed by atoms with E-state index in [9.17, 15) is 5.11 Å². The van der Waals surface area contributed by atoms with Crippen molar-refractivity contribution in [3.63, 3.8) is 0 Å². The number of aliphatic hydroxyl groups is 1. The number of nitrogens with two attached hydrogens (primary N) is 1. The SMILES string of the molecule is Cc1nnc(N2CC(O)CC2CN(C)C)c(C(=N)N)c1C. The number of nitrogens with zero attached hydrogens (tertiary/aromatic N) is 4. The Morgan fingerprint density at radius 1 is 1.43 bits per heavy atom. The van der Waals surface area contributed by atoms with Crippen molar-refractivity contribution in [1.29, 1.82) is 5.41 Å². The number of hydrogen-bond donors (Lipinski definition) is 3. The number of nitrogen functional groups attached to an aromatic ring is 1. The first kappa shape index (κ1) is 15.7. The Hall–Kier alpha value is -1.73. The van der Waals surface area contributed by atoms with E-state index in [1.807, 2.05) is 32.8 Å². The third-order valence-corrected chi connectivity index (χ3v) is 3.95. The number of likely N-dealkylation sites (N-methyl/N-ethyl adjacent to an activating group) is 1. The van der Waals surface area contributed by atoms with Gasteiger partial charge in [0.2, 0.25) is 0 Å². The number of rotatable bonds is 4. The average molecular weight is 292 g/mol. The van der Waals surface area contributed by atoms with E-state index in [1.54, 1.807) is 0 Å². The Morgan fingerprint density at radius 3 is 2.67 bits per heavy atom. The molecule has 7 heteroatoms. The minimum absolute atomic E-state index is 0.00880. The van der Waals surface area contributed by atoms with Crippen LogP contribution in [0.15, 0.2) is 0 Å². The maximum absolute atomic E-state index is 10.0. The molecule has 1 aromatic heterocycles. The van der Waals surface area contributed by atoms with E-state index in [0.29, 0.717) is 24.3 Å². The molecule has 21 heavy (non-hydrogen) atoms. The molecule has 0 bridgehead atoms. The van der Waals surface area contributed by atoms with Crippen molar-refractivity contribution >= 4 is 11.7 Å². The van der Waals surface area contributed by atoms with E-state index < -0.39 is 6.10 Å². The molecule has 0 spiro atoms. The molecule has 0 saturated carbocycles. The first-order valence-corrected chi connectivity index (χ1v) is 7.09. The number of amidine groups is 1. The van der Waals surface area contributed by atoms with E-state index in [2.05, 4.69) is 15.1 Å². The highest BCUT2D eigenvalue weighted by Crippen LogP contribution is 2.29. The van der Waals surface area contributed by atoms with Crippen molar-refractivity contribution in [2.24, 2.45) is 5.73 Å². The van der Waals surface area contributed by atoms with Crippen molar-refractivity contribution in [3.05, 3.63) is 16.8 Å². The molecule has 4 N–H and O–H groups in total. The van der Waals surface area contributed by atoms with Crippen molar-refractivity contribution in [1.82, 2.24) is 15.1 Å². The highest BCUT2D eigenvalue weighted by molar-refractivity contribution is 6.01. The summed E-state index contributed by atoms with van der Waals surface area (Å²) in [5, 5.41) is 26.3. The maximum Gasteiger partial charge on any atom is 0.162 e. The van der Waals surface area contributed by atoms with Gasteiger partial charge in [-0.05, 0) is 39.9 Å². The summed E-state index contributed by atoms with van der Waals surface area (Å²) in [5.41, 5.74) is 8.02. The van der Waals surface area contributed by atoms with Gasteiger partial charge in [0.15, 0.2) is 5.82 Å². The Labute approximate surface area is 125 Å². The molecule has 1 fully saturated rings. The second-order valence-electron chi connectivity index (χ2n) is 5.98. The third-order valence-electron chi connectivity index (χ3n) is 3.95. The minimum Gasteiger partial charge on any atom is -0.391 e. The predicted octanol–water partition coefficient (Wildman–Crippen LogP) is -0.121. The summed E-state index contributed by atoms with van der Waals surface area (Å²) in [5.74, 6) is 0.597. The Morgan fingerprint density at radius 2 is 2.10 bits per heavy atom. The molecule has 2 rings (SSSR count). The van der Waals surface area contributed by atoms with E-state index in [0.717, 1.165) is 17.8 Å². The van der Waals surface area contributed by atoms with Gasteiger partial charge < -0.3 is 20.6 Å². The molecule has 1 aliphatic heterocycles. The van der Waals surface area contributed by atoms with Gasteiger partial charge in [-0.3, -0.25) is 5.41 Å². The normalized spacial score (nSPS) is 22.1. The lowest BCUT2D eigenvalue weighted by atomic mass is 10.1. The topological polar surface area (TPSA) is 102 Å². The van der Waals surface area contributed by atoms with Crippen LogP contribution in [-0.2, 0) is 0 Å². The Bertz CT molecular complexity index is 545. The second kappa shape index (κ2) is 5.95. The summed E-state index contributed by atoms with van der Waals surface area (Å²) in [4.78, 5) is 4.11. The average Bonchev–Trinajstić information content (AvgIpc) is 2.71. The third kappa shape index (κ3) is 3.14. The van der Waals surface area contributed by atoms with E-state index >= 15 is 0 Å². The number of β-amino-alcohol motifs (C(OH)–C–C–N with tert-alkyl or cyclic N) is 1. The predicted molar refractivity (Wildman–Crippen MR) is 82.8 cm³/mol. The molecule has 0 radical (unpaired) electrons. The second-order valence-corrected chi connectivity index (χ2v) is 5.98. The summed E-state index contributed by atoms with van der Waals surface area (Å²) < 4.78 is 0. The van der Waals surface area contributed by atoms with Gasteiger partial charge in [-0.25, -0.2) is 0 Å². The number of nitrogens with one attached hydrogen (secondary N) is 1. The maximum atomic E-state index is 10.0. The van der Waals surface area contributed by atoms with Crippen LogP contribution >= 0.6 is 0 Å². The number of anilines is 1. The molecule has 2 heterocycles. The lowest BCUT2D eigenvalue weighted by Gasteiger charge is -2.29. The summed E-state index contributed by atoms with van der Waals surface area (Å²) in [7, 11) is 4.00. The lowest BCUT2D eigenvalue weighted by molar-refractivity contribution is 0.191. The van der Waals surface area contributed by atoms with E-state index in [4.69, 9.17) is 11.1 Å². The molecule has 116 valence electrons. The number of hydrogen-bond acceptors (Lipinski definition) is 6. The first-order chi connectivity index (χ1) is 9.81. The molecule has 0 aliphatic carbocycles. The summed E-state index contributed by atoms with van der Waals surface area (Å²) in [6.45, 7) is 5.06. The van der Waals surface area contributed by atoms with E-state index in [-0.39, 0.29) is 11.9 Å². The fraction of sp³-hybridized carbons (Fsp3) is 0.643. The summed E-state index contributed by atoms with van der Waals surface area (Å²) in [6.07, 6.45) is 0.294. The van der Waals surface area contributed by atoms with Crippen molar-refractivity contribution < 1.29 is 5.11 Å². The highest BCUT2D eigenvalue weighted by atomic mass is 16.3. The monoisotopic (exact) mass is 292 g/mol. The molecule has 1 aromatic rings. The molecular formula is C14H24N6O. The number of aromatic nitrogens is 2. The Kier molecular flexibility index (Phi) is 4.43. The molecule has 2 unspecified atom stereocenters. The standard InChI is InChI=1S/C14H24N6O/c1-8-9(2)17-18-14(12(8)13(15)16)20-7-11(21)5-10(20)6-19(3)4/h10-11,21H,5-7H2,1-4H3,(H3,15,16). The van der Waals surface area contributed by atoms with Crippen LogP contribution in [0, 0.1) is 19.3 Å². The van der Waals surface area contributed by atoms with Crippen LogP contribution in [0.5, 0.6) is 0 Å². The minimum atomic E-state index is -0.391. The van der Waals surface area contributed by atoms with Crippen LogP contribution in [0.1, 0.15) is 23.2 Å². The zero-order valence-electron chi connectivity index (χ0n) is 13.1. The molecule has 0 amide bonds. The lowest BCUT2D eigenvalue weighted by Crippen LogP contribution is -2.39. The number of aryl methyl sites for hydroxylation is 1. The van der Waals surface area contributed by atoms with Gasteiger partial charge >= 0.3 is 0 Å². The first-order valence-electron chi connectivity index (χ1n) is 7.09. The van der Waals surface area contributed by atoms with Gasteiger partial charge in [-0.2, -0.15) is 5.10 Å². The van der Waals surface area contributed by atoms with Gasteiger partial charge in [-0.15, -0.1) is 5.10 Å². The van der Waals surface area contributed by atoms with Crippen LogP contribution in [-0.4, -0.2) is 65.4 Å². The molecule has 2 atom stereocenters. The van der Waals surface area contributed by atoms with Gasteiger partial charge in [0.05, 0.1) is 17.4 Å². The van der Waals surface area contributed by atoms with Gasteiger partial charge in [0.1, 0.15) is 5.84 Å². The van der Waals surface area contributed by atoms with Crippen molar-refractivity contribution in [2.45, 2.75) is 32.4 Å². The van der Waals surface area contributed by atoms with Crippen LogP contribution in [0.3, 0.4) is 0 Å². The van der Waals surface area contributed by atoms with E-state index in [1.165, 1.54) is 0 Å². The molecule has 0 aromatic carbocycles. The zero-order valence-corrected chi connectivity index (χ0v) is 13.1. The van der Waals surface area contributed by atoms with Crippen LogP contribution in [0.4, 0.5) is 5.82 Å². The summed E-state index contributed by atoms with van der Waals surface area (Å²) in [6, 6.07) is 0.143. The van der Waals surface area contributed by atoms with Crippen LogP contribution in [0.2, 0.25) is 0 Å². The molecular weight excluding hydrogens is 268 g/mol. The zero-order chi connectivity index (χ0) is 15.7. The number of aliphatic hydroxyl groups excluding tert-OH is 1. The van der Waals surface area contributed by atoms with Crippen molar-refractivity contribution in [3.8, 4) is 0 Å². The molecule has 1 aliphatic rings. The Balaban J connectivity index is 2.44. The quantitative estimate of drug-likeness (QED) is 0.528. The van der Waals surface area contributed by atoms with Gasteiger partial charge in [-0.1, -0.05) is 0 Å². The van der Waals surface area contributed by atoms with Gasteiger partial charge in [0.25, 0.3) is 0 Å². The smallest absolute Gasteiger partial charge is 0.162 e. The molecule has 7 nitrogen and oxygen atoms in total. The van der Waals surface area contributed by atoms with Crippen LogP contribution in [0.25, 0.3) is 0 Å².